The number of halogens is 2. The Balaban J connectivity index is 2.06. The van der Waals surface area contributed by atoms with Gasteiger partial charge in [-0.1, -0.05) is 11.8 Å². The predicted octanol–water partition coefficient (Wildman–Crippen LogP) is 4.94. The molecular weight excluding hydrogens is 303 g/mol. The highest BCUT2D eigenvalue weighted by atomic mass is 35.5. The molecule has 0 aliphatic carbocycles. The van der Waals surface area contributed by atoms with Gasteiger partial charge >= 0.3 is 0 Å². The molecule has 0 aliphatic heterocycles. The smallest absolute Gasteiger partial charge is 0.210 e. The fourth-order valence-electron chi connectivity index (χ4n) is 1.68. The minimum atomic E-state index is -0.249. The number of benzene rings is 1. The van der Waals surface area contributed by atoms with E-state index in [2.05, 4.69) is 9.97 Å². The van der Waals surface area contributed by atoms with E-state index in [9.17, 15) is 4.39 Å². The van der Waals surface area contributed by atoms with E-state index < -0.39 is 0 Å². The molecule has 0 saturated heterocycles. The summed E-state index contributed by atoms with van der Waals surface area (Å²) in [5.41, 5.74) is 0. The van der Waals surface area contributed by atoms with Crippen LogP contribution >= 0.6 is 34.7 Å². The van der Waals surface area contributed by atoms with Crippen LogP contribution in [0, 0.1) is 12.7 Å². The average molecular weight is 311 g/mol. The number of rotatable bonds is 2. The Kier molecular flexibility index (Phi) is 3.43. The molecule has 0 fully saturated rings. The average Bonchev–Trinajstić information content (AvgIpc) is 2.72. The van der Waals surface area contributed by atoms with Crippen molar-refractivity contribution in [3.63, 3.8) is 0 Å². The highest BCUT2D eigenvalue weighted by Crippen LogP contribution is 2.35. The number of fused-ring (bicyclic) bond motifs is 1. The van der Waals surface area contributed by atoms with Crippen molar-refractivity contribution in [1.29, 1.82) is 0 Å². The molecule has 0 spiro atoms. The summed E-state index contributed by atoms with van der Waals surface area (Å²) >= 11 is 8.98. The van der Waals surface area contributed by atoms with Crippen molar-refractivity contribution < 1.29 is 4.39 Å². The van der Waals surface area contributed by atoms with E-state index >= 15 is 0 Å². The quantitative estimate of drug-likeness (QED) is 0.495. The van der Waals surface area contributed by atoms with E-state index in [1.165, 1.54) is 23.9 Å². The first kappa shape index (κ1) is 12.8. The van der Waals surface area contributed by atoms with Crippen LogP contribution in [0.4, 0.5) is 4.39 Å². The molecule has 2 aromatic heterocycles. The molecule has 0 bridgehead atoms. The van der Waals surface area contributed by atoms with Gasteiger partial charge in [-0.25, -0.2) is 14.4 Å². The topological polar surface area (TPSA) is 25.8 Å². The lowest BCUT2D eigenvalue weighted by atomic mass is 10.3. The molecule has 96 valence electrons. The lowest BCUT2D eigenvalue weighted by Crippen LogP contribution is -1.86. The Bertz CT molecular complexity index is 740. The molecule has 0 aliphatic rings. The molecule has 0 saturated carbocycles. The van der Waals surface area contributed by atoms with Crippen molar-refractivity contribution in [3.05, 3.63) is 46.3 Å². The molecular formula is C13H8ClFN2S2. The van der Waals surface area contributed by atoms with Gasteiger partial charge in [0.15, 0.2) is 0 Å². The normalized spacial score (nSPS) is 11.1. The summed E-state index contributed by atoms with van der Waals surface area (Å²) in [6.07, 6.45) is 0. The van der Waals surface area contributed by atoms with Crippen molar-refractivity contribution >= 4 is 44.9 Å². The molecule has 0 radical (unpaired) electrons. The highest BCUT2D eigenvalue weighted by molar-refractivity contribution is 7.99. The largest absolute Gasteiger partial charge is 0.224 e. The third-order valence-corrected chi connectivity index (χ3v) is 4.61. The third-order valence-electron chi connectivity index (χ3n) is 2.48. The maximum atomic E-state index is 12.9. The van der Waals surface area contributed by atoms with E-state index in [1.54, 1.807) is 23.5 Å². The molecule has 2 heterocycles. The number of hydrogen-bond acceptors (Lipinski definition) is 4. The van der Waals surface area contributed by atoms with E-state index in [0.717, 1.165) is 25.0 Å². The van der Waals surface area contributed by atoms with Gasteiger partial charge in [-0.05, 0) is 48.9 Å². The van der Waals surface area contributed by atoms with E-state index in [1.807, 2.05) is 13.0 Å². The molecule has 6 heteroatoms. The third kappa shape index (κ3) is 2.73. The lowest BCUT2D eigenvalue weighted by Gasteiger charge is -2.02. The first-order chi connectivity index (χ1) is 9.11. The van der Waals surface area contributed by atoms with Gasteiger partial charge in [0, 0.05) is 15.2 Å². The number of aryl methyl sites for hydroxylation is 1. The highest BCUT2D eigenvalue weighted by Gasteiger charge is 2.11. The van der Waals surface area contributed by atoms with Crippen LogP contribution in [0.1, 0.15) is 4.88 Å². The molecule has 19 heavy (non-hydrogen) atoms. The van der Waals surface area contributed by atoms with Gasteiger partial charge in [-0.15, -0.1) is 11.3 Å². The van der Waals surface area contributed by atoms with Crippen molar-refractivity contribution in [3.8, 4) is 0 Å². The van der Waals surface area contributed by atoms with Crippen LogP contribution in [0.5, 0.6) is 0 Å². The monoisotopic (exact) mass is 310 g/mol. The molecule has 0 unspecified atom stereocenters. The van der Waals surface area contributed by atoms with Gasteiger partial charge < -0.3 is 0 Å². The molecule has 0 atom stereocenters. The van der Waals surface area contributed by atoms with Gasteiger partial charge in [0.05, 0.1) is 0 Å². The second-order valence-corrected chi connectivity index (χ2v) is 6.56. The molecule has 1 aromatic carbocycles. The molecule has 0 amide bonds. The molecule has 0 N–H and O–H groups in total. The molecule has 3 rings (SSSR count). The minimum absolute atomic E-state index is 0.235. The van der Waals surface area contributed by atoms with E-state index in [-0.39, 0.29) is 11.1 Å². The van der Waals surface area contributed by atoms with Gasteiger partial charge in [-0.2, -0.15) is 0 Å². The number of hydrogen-bond donors (Lipinski definition) is 0. The van der Waals surface area contributed by atoms with E-state index in [4.69, 9.17) is 11.6 Å². The lowest BCUT2D eigenvalue weighted by molar-refractivity contribution is 0.626. The minimum Gasteiger partial charge on any atom is -0.210 e. The first-order valence-electron chi connectivity index (χ1n) is 5.49. The van der Waals surface area contributed by atoms with Crippen LogP contribution in [0.2, 0.25) is 5.28 Å². The summed E-state index contributed by atoms with van der Waals surface area (Å²) < 4.78 is 12.9. The zero-order valence-corrected chi connectivity index (χ0v) is 12.2. The Morgan fingerprint density at radius 2 is 1.95 bits per heavy atom. The van der Waals surface area contributed by atoms with Crippen LogP contribution in [-0.4, -0.2) is 9.97 Å². The maximum Gasteiger partial charge on any atom is 0.224 e. The Morgan fingerprint density at radius 3 is 2.68 bits per heavy atom. The van der Waals surface area contributed by atoms with Gasteiger partial charge in [-0.3, -0.25) is 0 Å². The van der Waals surface area contributed by atoms with Crippen molar-refractivity contribution in [1.82, 2.24) is 9.97 Å². The van der Waals surface area contributed by atoms with Crippen molar-refractivity contribution in [2.45, 2.75) is 16.8 Å². The van der Waals surface area contributed by atoms with Crippen LogP contribution in [0.25, 0.3) is 10.2 Å². The number of nitrogens with zero attached hydrogens (tertiary/aromatic N) is 2. The van der Waals surface area contributed by atoms with Gasteiger partial charge in [0.25, 0.3) is 0 Å². The second-order valence-electron chi connectivity index (χ2n) is 3.93. The Morgan fingerprint density at radius 1 is 1.21 bits per heavy atom. The zero-order valence-electron chi connectivity index (χ0n) is 9.85. The standard InChI is InChI=1S/C13H8ClFN2S2/c1-7-6-10-11(18-7)16-13(14)17-12(10)19-9-4-2-8(15)3-5-9/h2-6H,1H3. The van der Waals surface area contributed by atoms with Crippen LogP contribution in [0.15, 0.2) is 40.3 Å². The van der Waals surface area contributed by atoms with E-state index in [0.29, 0.717) is 0 Å². The molecule has 3 aromatic rings. The summed E-state index contributed by atoms with van der Waals surface area (Å²) in [4.78, 5) is 11.4. The SMILES string of the molecule is Cc1cc2c(Sc3ccc(F)cc3)nc(Cl)nc2s1. The molecule has 2 nitrogen and oxygen atoms in total. The summed E-state index contributed by atoms with van der Waals surface area (Å²) in [7, 11) is 0. The Hall–Kier alpha value is -1.17. The summed E-state index contributed by atoms with van der Waals surface area (Å²) in [5, 5.41) is 2.02. The fraction of sp³-hybridized carbons (Fsp3) is 0.0769. The summed E-state index contributed by atoms with van der Waals surface area (Å²) in [6.45, 7) is 2.02. The second kappa shape index (κ2) is 5.07. The maximum absolute atomic E-state index is 12.9. The zero-order chi connectivity index (χ0) is 13.4. The van der Waals surface area contributed by atoms with Crippen LogP contribution in [0.3, 0.4) is 0 Å². The predicted molar refractivity (Wildman–Crippen MR) is 77.7 cm³/mol. The number of thiophene rings is 1. The van der Waals surface area contributed by atoms with Crippen molar-refractivity contribution in [2.24, 2.45) is 0 Å². The summed E-state index contributed by atoms with van der Waals surface area (Å²) in [5.74, 6) is -0.249. The first-order valence-corrected chi connectivity index (χ1v) is 7.50. The van der Waals surface area contributed by atoms with Gasteiger partial charge in [0.1, 0.15) is 15.7 Å². The van der Waals surface area contributed by atoms with Gasteiger partial charge in [0.2, 0.25) is 5.28 Å². The number of aromatic nitrogens is 2. The van der Waals surface area contributed by atoms with Crippen molar-refractivity contribution in [2.75, 3.05) is 0 Å². The van der Waals surface area contributed by atoms with Crippen LogP contribution in [-0.2, 0) is 0 Å². The van der Waals surface area contributed by atoms with Crippen LogP contribution < -0.4 is 0 Å². The summed E-state index contributed by atoms with van der Waals surface area (Å²) in [6, 6.07) is 8.35. The fourth-order valence-corrected chi connectivity index (χ4v) is 3.79. The Labute approximate surface area is 122 Å².